The summed E-state index contributed by atoms with van der Waals surface area (Å²) < 4.78 is 0. The van der Waals surface area contributed by atoms with Crippen LogP contribution in [0.3, 0.4) is 0 Å². The summed E-state index contributed by atoms with van der Waals surface area (Å²) in [7, 11) is 0. The highest BCUT2D eigenvalue weighted by Crippen LogP contribution is 2.23. The molecule has 21 heavy (non-hydrogen) atoms. The van der Waals surface area contributed by atoms with E-state index in [0.29, 0.717) is 5.92 Å². The molecule has 0 heterocycles. The molecule has 0 aliphatic carbocycles. The molecule has 2 N–H and O–H groups in total. The molecule has 4 heteroatoms. The molecular weight excluding hydrogens is 262 g/mol. The van der Waals surface area contributed by atoms with Crippen LogP contribution < -0.4 is 10.6 Å². The lowest BCUT2D eigenvalue weighted by molar-refractivity contribution is -0.112. The number of benzene rings is 1. The van der Waals surface area contributed by atoms with Gasteiger partial charge < -0.3 is 10.6 Å². The fraction of sp³-hybridized carbons (Fsp3) is 0.412. The third kappa shape index (κ3) is 5.31. The molecule has 1 aromatic carbocycles. The van der Waals surface area contributed by atoms with E-state index >= 15 is 0 Å². The van der Waals surface area contributed by atoms with Crippen LogP contribution in [0.15, 0.2) is 36.0 Å². The first-order valence-corrected chi connectivity index (χ1v) is 7.34. The number of amides is 1. The second-order valence-corrected chi connectivity index (χ2v) is 5.17. The molecule has 0 atom stereocenters. The monoisotopic (exact) mass is 285 g/mol. The predicted octanol–water partition coefficient (Wildman–Crippen LogP) is 3.55. The van der Waals surface area contributed by atoms with Crippen LogP contribution in [0.5, 0.6) is 0 Å². The van der Waals surface area contributed by atoms with Crippen LogP contribution in [-0.4, -0.2) is 12.5 Å². The van der Waals surface area contributed by atoms with Crippen LogP contribution in [-0.2, 0) is 4.79 Å². The lowest BCUT2D eigenvalue weighted by Gasteiger charge is -2.13. The minimum absolute atomic E-state index is 0.0877. The highest BCUT2D eigenvalue weighted by Gasteiger charge is 2.12. The summed E-state index contributed by atoms with van der Waals surface area (Å²) in [5.74, 6) is -0.0757. The van der Waals surface area contributed by atoms with Crippen molar-refractivity contribution in [2.24, 2.45) is 0 Å². The van der Waals surface area contributed by atoms with Gasteiger partial charge in [-0.15, -0.1) is 0 Å². The summed E-state index contributed by atoms with van der Waals surface area (Å²) in [5.41, 5.74) is 1.90. The van der Waals surface area contributed by atoms with Gasteiger partial charge in [0.2, 0.25) is 0 Å². The number of nitriles is 1. The molecule has 0 unspecified atom stereocenters. The standard InChI is InChI=1S/C17H23N3O/c1-4-5-10-19-12-14(11-18)17(21)20-16-9-7-6-8-15(16)13(2)3/h6-9,12-13,19H,4-5,10H2,1-3H3,(H,20,21)/b14-12-. The van der Waals surface area contributed by atoms with Gasteiger partial charge in [0, 0.05) is 18.4 Å². The van der Waals surface area contributed by atoms with Gasteiger partial charge in [-0.3, -0.25) is 4.79 Å². The number of nitrogens with one attached hydrogen (secondary N) is 2. The highest BCUT2D eigenvalue weighted by atomic mass is 16.1. The van der Waals surface area contributed by atoms with E-state index < -0.39 is 0 Å². The average Bonchev–Trinajstić information content (AvgIpc) is 2.47. The normalized spacial score (nSPS) is 11.1. The largest absolute Gasteiger partial charge is 0.390 e. The Labute approximate surface area is 126 Å². The van der Waals surface area contributed by atoms with E-state index in [1.807, 2.05) is 30.3 Å². The first-order valence-electron chi connectivity index (χ1n) is 7.34. The molecule has 1 aromatic rings. The third-order valence-electron chi connectivity index (χ3n) is 3.12. The molecule has 0 saturated heterocycles. The Balaban J connectivity index is 2.77. The first kappa shape index (κ1) is 16.8. The molecule has 0 spiro atoms. The molecular formula is C17H23N3O. The van der Waals surface area contributed by atoms with Crippen molar-refractivity contribution < 1.29 is 4.79 Å². The number of unbranched alkanes of at least 4 members (excludes halogenated alkanes) is 1. The maximum Gasteiger partial charge on any atom is 0.267 e. The summed E-state index contributed by atoms with van der Waals surface area (Å²) in [6, 6.07) is 9.58. The zero-order valence-corrected chi connectivity index (χ0v) is 12.9. The maximum absolute atomic E-state index is 12.1. The molecule has 0 aliphatic heterocycles. The molecule has 1 rings (SSSR count). The van der Waals surface area contributed by atoms with Gasteiger partial charge in [-0.1, -0.05) is 45.4 Å². The van der Waals surface area contributed by atoms with Crippen LogP contribution in [0.2, 0.25) is 0 Å². The van der Waals surface area contributed by atoms with Crippen molar-refractivity contribution >= 4 is 11.6 Å². The lowest BCUT2D eigenvalue weighted by Crippen LogP contribution is -2.18. The van der Waals surface area contributed by atoms with Gasteiger partial charge in [0.1, 0.15) is 11.6 Å². The lowest BCUT2D eigenvalue weighted by atomic mass is 10.0. The van der Waals surface area contributed by atoms with Crippen LogP contribution in [0.25, 0.3) is 0 Å². The number of hydrogen-bond acceptors (Lipinski definition) is 3. The van der Waals surface area contributed by atoms with Crippen molar-refractivity contribution in [2.45, 2.75) is 39.5 Å². The second-order valence-electron chi connectivity index (χ2n) is 5.17. The first-order chi connectivity index (χ1) is 10.1. The van der Waals surface area contributed by atoms with E-state index in [1.54, 1.807) is 0 Å². The average molecular weight is 285 g/mol. The van der Waals surface area contributed by atoms with E-state index in [2.05, 4.69) is 31.4 Å². The van der Waals surface area contributed by atoms with Crippen LogP contribution in [0.4, 0.5) is 5.69 Å². The summed E-state index contributed by atoms with van der Waals surface area (Å²) in [5, 5.41) is 14.9. The summed E-state index contributed by atoms with van der Waals surface area (Å²) in [4.78, 5) is 12.1. The van der Waals surface area contributed by atoms with Crippen molar-refractivity contribution in [1.82, 2.24) is 5.32 Å². The summed E-state index contributed by atoms with van der Waals surface area (Å²) in [6.45, 7) is 6.99. The highest BCUT2D eigenvalue weighted by molar-refractivity contribution is 6.06. The van der Waals surface area contributed by atoms with Crippen molar-refractivity contribution in [3.05, 3.63) is 41.6 Å². The van der Waals surface area contributed by atoms with Crippen LogP contribution in [0, 0.1) is 11.3 Å². The molecule has 0 bridgehead atoms. The van der Waals surface area contributed by atoms with Crippen LogP contribution >= 0.6 is 0 Å². The Morgan fingerprint density at radius 3 is 2.71 bits per heavy atom. The Morgan fingerprint density at radius 2 is 2.10 bits per heavy atom. The number of hydrogen-bond donors (Lipinski definition) is 2. The van der Waals surface area contributed by atoms with E-state index in [1.165, 1.54) is 6.20 Å². The Kier molecular flexibility index (Phi) is 7.03. The summed E-state index contributed by atoms with van der Waals surface area (Å²) >= 11 is 0. The fourth-order valence-electron chi connectivity index (χ4n) is 1.91. The number of anilines is 1. The van der Waals surface area contributed by atoms with Gasteiger partial charge in [-0.05, 0) is 24.0 Å². The molecule has 4 nitrogen and oxygen atoms in total. The Morgan fingerprint density at radius 1 is 1.38 bits per heavy atom. The van der Waals surface area contributed by atoms with E-state index in [-0.39, 0.29) is 11.5 Å². The Hall–Kier alpha value is -2.28. The van der Waals surface area contributed by atoms with Crippen LogP contribution in [0.1, 0.15) is 45.1 Å². The van der Waals surface area contributed by atoms with Gasteiger partial charge in [-0.2, -0.15) is 5.26 Å². The van der Waals surface area contributed by atoms with Crippen molar-refractivity contribution in [3.63, 3.8) is 0 Å². The quantitative estimate of drug-likeness (QED) is 0.457. The number of nitrogens with zero attached hydrogens (tertiary/aromatic N) is 1. The smallest absolute Gasteiger partial charge is 0.267 e. The maximum atomic E-state index is 12.1. The number of rotatable bonds is 7. The second kappa shape index (κ2) is 8.80. The van der Waals surface area contributed by atoms with Gasteiger partial charge in [0.15, 0.2) is 0 Å². The number of carbonyl (C=O) groups is 1. The molecule has 0 fully saturated rings. The zero-order valence-electron chi connectivity index (χ0n) is 12.9. The minimum atomic E-state index is -0.380. The molecule has 1 amide bonds. The van der Waals surface area contributed by atoms with Gasteiger partial charge >= 0.3 is 0 Å². The van der Waals surface area contributed by atoms with E-state index in [9.17, 15) is 4.79 Å². The molecule has 0 aromatic heterocycles. The van der Waals surface area contributed by atoms with Crippen molar-refractivity contribution in [1.29, 1.82) is 5.26 Å². The molecule has 112 valence electrons. The fourth-order valence-corrected chi connectivity index (χ4v) is 1.91. The molecule has 0 aliphatic rings. The van der Waals surface area contributed by atoms with Gasteiger partial charge in [0.25, 0.3) is 5.91 Å². The number of para-hydroxylation sites is 1. The molecule has 0 saturated carbocycles. The Bertz CT molecular complexity index is 541. The van der Waals surface area contributed by atoms with Gasteiger partial charge in [0.05, 0.1) is 0 Å². The van der Waals surface area contributed by atoms with E-state index in [0.717, 1.165) is 30.6 Å². The number of carbonyl (C=O) groups excluding carboxylic acids is 1. The van der Waals surface area contributed by atoms with Gasteiger partial charge in [-0.25, -0.2) is 0 Å². The molecule has 0 radical (unpaired) electrons. The topological polar surface area (TPSA) is 64.9 Å². The zero-order chi connectivity index (χ0) is 15.7. The summed E-state index contributed by atoms with van der Waals surface area (Å²) in [6.07, 6.45) is 3.56. The van der Waals surface area contributed by atoms with E-state index in [4.69, 9.17) is 5.26 Å². The van der Waals surface area contributed by atoms with Crippen molar-refractivity contribution in [3.8, 4) is 6.07 Å². The SMILES string of the molecule is CCCCN/C=C(/C#N)C(=O)Nc1ccccc1C(C)C. The minimum Gasteiger partial charge on any atom is -0.390 e. The third-order valence-corrected chi connectivity index (χ3v) is 3.12. The predicted molar refractivity (Wildman–Crippen MR) is 85.8 cm³/mol. The van der Waals surface area contributed by atoms with Crippen molar-refractivity contribution in [2.75, 3.05) is 11.9 Å².